The van der Waals surface area contributed by atoms with Crippen molar-refractivity contribution in [2.45, 2.75) is 25.7 Å². The lowest BCUT2D eigenvalue weighted by Gasteiger charge is -2.48. The maximum atomic E-state index is 12.2. The predicted molar refractivity (Wildman–Crippen MR) is 79.9 cm³/mol. The molecule has 0 unspecified atom stereocenters. The first kappa shape index (κ1) is 11.9. The molecule has 0 saturated carbocycles. The molecule has 2 aromatic carbocycles. The smallest absolute Gasteiger partial charge is 0.134 e. The first-order chi connectivity index (χ1) is 9.70. The highest BCUT2D eigenvalue weighted by Crippen LogP contribution is 2.58. The molecule has 5 rings (SSSR count). The van der Waals surface area contributed by atoms with E-state index >= 15 is 0 Å². The van der Waals surface area contributed by atoms with Crippen LogP contribution in [0.2, 0.25) is 0 Å². The molecule has 0 heterocycles. The fourth-order valence-electron chi connectivity index (χ4n) is 4.56. The summed E-state index contributed by atoms with van der Waals surface area (Å²) in [5.41, 5.74) is 5.60. The van der Waals surface area contributed by atoms with Gasteiger partial charge in [-0.3, -0.25) is 4.79 Å². The summed E-state index contributed by atoms with van der Waals surface area (Å²) in [4.78, 5) is 12.2. The number of carbonyl (C=O) groups excluding carboxylic acids is 1. The van der Waals surface area contributed by atoms with Gasteiger partial charge in [0.25, 0.3) is 0 Å². The van der Waals surface area contributed by atoms with Gasteiger partial charge >= 0.3 is 0 Å². The molecule has 0 saturated heterocycles. The molecule has 1 heteroatoms. The van der Waals surface area contributed by atoms with Gasteiger partial charge in [-0.2, -0.15) is 0 Å². The second-order valence-corrected chi connectivity index (χ2v) is 6.21. The number of ketones is 1. The Morgan fingerprint density at radius 2 is 1.20 bits per heavy atom. The van der Waals surface area contributed by atoms with Crippen molar-refractivity contribution in [1.82, 2.24) is 0 Å². The minimum absolute atomic E-state index is 0.129. The summed E-state index contributed by atoms with van der Waals surface area (Å²) in [7, 11) is 0. The van der Waals surface area contributed by atoms with Crippen molar-refractivity contribution < 1.29 is 4.79 Å². The van der Waals surface area contributed by atoms with Crippen molar-refractivity contribution in [3.63, 3.8) is 0 Å². The van der Waals surface area contributed by atoms with E-state index in [0.29, 0.717) is 17.6 Å². The van der Waals surface area contributed by atoms with E-state index in [0.717, 1.165) is 0 Å². The van der Waals surface area contributed by atoms with E-state index in [4.69, 9.17) is 0 Å². The van der Waals surface area contributed by atoms with Gasteiger partial charge in [0.15, 0.2) is 0 Å². The lowest BCUT2D eigenvalue weighted by Crippen LogP contribution is -2.41. The van der Waals surface area contributed by atoms with Gasteiger partial charge in [-0.05, 0) is 35.1 Å². The molecule has 2 aromatic rings. The Balaban J connectivity index is 2.04. The van der Waals surface area contributed by atoms with Gasteiger partial charge in [0.2, 0.25) is 0 Å². The van der Waals surface area contributed by atoms with Gasteiger partial charge in [-0.25, -0.2) is 0 Å². The first-order valence-electron chi connectivity index (χ1n) is 7.38. The molecular weight excluding hydrogens is 244 g/mol. The number of Topliss-reactive ketones (excluding diaryl/α,β-unsaturated/α-hetero) is 1. The SMILES string of the molecule is CC(=O)[C@@H]1C2c3ccccc3C(c3ccccc32)[C@@H]1C. The molecule has 0 aromatic heterocycles. The van der Waals surface area contributed by atoms with Crippen LogP contribution in [0, 0.1) is 11.8 Å². The highest BCUT2D eigenvalue weighted by molar-refractivity contribution is 5.82. The van der Waals surface area contributed by atoms with Gasteiger partial charge < -0.3 is 0 Å². The Bertz CT molecular complexity index is 653. The number of hydrogen-bond donors (Lipinski definition) is 0. The van der Waals surface area contributed by atoms with E-state index in [2.05, 4.69) is 55.5 Å². The summed E-state index contributed by atoms with van der Waals surface area (Å²) < 4.78 is 0. The number of hydrogen-bond acceptors (Lipinski definition) is 1. The van der Waals surface area contributed by atoms with E-state index in [1.807, 2.05) is 0 Å². The minimum atomic E-state index is 0.129. The van der Waals surface area contributed by atoms with Gasteiger partial charge in [0.1, 0.15) is 5.78 Å². The van der Waals surface area contributed by atoms with Gasteiger partial charge in [-0.15, -0.1) is 0 Å². The van der Waals surface area contributed by atoms with Gasteiger partial charge in [-0.1, -0.05) is 55.5 Å². The second kappa shape index (κ2) is 4.05. The molecule has 2 atom stereocenters. The largest absolute Gasteiger partial charge is 0.300 e. The van der Waals surface area contributed by atoms with E-state index < -0.39 is 0 Å². The topological polar surface area (TPSA) is 17.1 Å². The Kier molecular flexibility index (Phi) is 2.41. The van der Waals surface area contributed by atoms with Crippen molar-refractivity contribution in [2.24, 2.45) is 11.8 Å². The van der Waals surface area contributed by atoms with E-state index in [9.17, 15) is 4.79 Å². The quantitative estimate of drug-likeness (QED) is 0.755. The average Bonchev–Trinajstić information content (AvgIpc) is 2.47. The first-order valence-corrected chi connectivity index (χ1v) is 7.38. The molecule has 20 heavy (non-hydrogen) atoms. The zero-order valence-corrected chi connectivity index (χ0v) is 11.8. The molecule has 3 aliphatic carbocycles. The zero-order valence-electron chi connectivity index (χ0n) is 11.8. The molecule has 2 bridgehead atoms. The monoisotopic (exact) mass is 262 g/mol. The molecule has 3 aliphatic rings. The lowest BCUT2D eigenvalue weighted by atomic mass is 9.54. The summed E-state index contributed by atoms with van der Waals surface area (Å²) in [5.74, 6) is 1.48. The van der Waals surface area contributed by atoms with Crippen LogP contribution in [0.5, 0.6) is 0 Å². The highest BCUT2D eigenvalue weighted by Gasteiger charge is 2.49. The maximum absolute atomic E-state index is 12.2. The molecular formula is C19H18O. The Hall–Kier alpha value is -1.89. The minimum Gasteiger partial charge on any atom is -0.300 e. The van der Waals surface area contributed by atoms with Crippen LogP contribution in [0.15, 0.2) is 48.5 Å². The molecule has 0 radical (unpaired) electrons. The summed E-state index contributed by atoms with van der Waals surface area (Å²) in [5, 5.41) is 0. The summed E-state index contributed by atoms with van der Waals surface area (Å²) in [6, 6.07) is 17.4. The molecule has 0 N–H and O–H groups in total. The van der Waals surface area contributed by atoms with E-state index in [1.54, 1.807) is 6.92 Å². The van der Waals surface area contributed by atoms with Crippen molar-refractivity contribution >= 4 is 5.78 Å². The van der Waals surface area contributed by atoms with Crippen molar-refractivity contribution in [3.8, 4) is 0 Å². The van der Waals surface area contributed by atoms with Crippen LogP contribution in [0.3, 0.4) is 0 Å². The maximum Gasteiger partial charge on any atom is 0.134 e. The number of fused-ring (bicyclic) bond motifs is 1. The summed E-state index contributed by atoms with van der Waals surface area (Å²) in [6.07, 6.45) is 0. The van der Waals surface area contributed by atoms with E-state index in [1.165, 1.54) is 22.3 Å². The summed E-state index contributed by atoms with van der Waals surface area (Å²) >= 11 is 0. The Labute approximate surface area is 119 Å². The third-order valence-electron chi connectivity index (χ3n) is 5.25. The van der Waals surface area contributed by atoms with Crippen LogP contribution in [0.25, 0.3) is 0 Å². The molecule has 0 fully saturated rings. The fourth-order valence-corrected chi connectivity index (χ4v) is 4.56. The third-order valence-corrected chi connectivity index (χ3v) is 5.25. The molecule has 0 aliphatic heterocycles. The van der Waals surface area contributed by atoms with Crippen LogP contribution < -0.4 is 0 Å². The fraction of sp³-hybridized carbons (Fsp3) is 0.316. The standard InChI is InChI=1S/C19H18O/c1-11-17(12(2)20)19-15-9-5-3-7-13(15)18(11)14-8-4-6-10-16(14)19/h3-11,17-19H,1-2H3/t11-,17-,18?,19?/m1/s1. The number of benzene rings is 2. The molecule has 1 nitrogen and oxygen atoms in total. The molecule has 0 spiro atoms. The Morgan fingerprint density at radius 3 is 1.60 bits per heavy atom. The van der Waals surface area contributed by atoms with Gasteiger partial charge in [0, 0.05) is 17.8 Å². The zero-order chi connectivity index (χ0) is 13.9. The van der Waals surface area contributed by atoms with Crippen LogP contribution in [-0.2, 0) is 4.79 Å². The third kappa shape index (κ3) is 1.35. The van der Waals surface area contributed by atoms with Crippen LogP contribution in [0.4, 0.5) is 0 Å². The highest BCUT2D eigenvalue weighted by atomic mass is 16.1. The van der Waals surface area contributed by atoms with Crippen molar-refractivity contribution in [3.05, 3.63) is 70.8 Å². The predicted octanol–water partition coefficient (Wildman–Crippen LogP) is 4.12. The van der Waals surface area contributed by atoms with Gasteiger partial charge in [0.05, 0.1) is 0 Å². The Morgan fingerprint density at radius 1 is 0.800 bits per heavy atom. The summed E-state index contributed by atoms with van der Waals surface area (Å²) in [6.45, 7) is 4.00. The normalized spacial score (nSPS) is 29.7. The van der Waals surface area contributed by atoms with Crippen molar-refractivity contribution in [2.75, 3.05) is 0 Å². The van der Waals surface area contributed by atoms with E-state index in [-0.39, 0.29) is 11.8 Å². The van der Waals surface area contributed by atoms with Crippen molar-refractivity contribution in [1.29, 1.82) is 0 Å². The number of rotatable bonds is 1. The molecule has 0 amide bonds. The second-order valence-electron chi connectivity index (χ2n) is 6.21. The van der Waals surface area contributed by atoms with Crippen LogP contribution >= 0.6 is 0 Å². The van der Waals surface area contributed by atoms with Crippen LogP contribution in [-0.4, -0.2) is 5.78 Å². The van der Waals surface area contributed by atoms with Crippen LogP contribution in [0.1, 0.15) is 47.9 Å². The average molecular weight is 262 g/mol. The molecule has 100 valence electrons. The number of carbonyl (C=O) groups is 1. The lowest BCUT2D eigenvalue weighted by molar-refractivity contribution is -0.123.